The first-order valence-electron chi connectivity index (χ1n) is 8.66. The SMILES string of the molecule is COc1ccccc1C1CNCCN1CC(=O)NC(=O)NCC(C)C. The van der Waals surface area contributed by atoms with Crippen LogP contribution < -0.4 is 20.7 Å². The van der Waals surface area contributed by atoms with Gasteiger partial charge < -0.3 is 15.4 Å². The number of para-hydroxylation sites is 1. The number of ether oxygens (including phenoxy) is 1. The van der Waals surface area contributed by atoms with E-state index in [0.717, 1.165) is 30.9 Å². The maximum Gasteiger partial charge on any atom is 0.321 e. The maximum atomic E-state index is 12.2. The fraction of sp³-hybridized carbons (Fsp3) is 0.556. The minimum absolute atomic E-state index is 0.0226. The highest BCUT2D eigenvalue weighted by molar-refractivity contribution is 5.95. The average Bonchev–Trinajstić information content (AvgIpc) is 2.60. The second-order valence-electron chi connectivity index (χ2n) is 6.58. The summed E-state index contributed by atoms with van der Waals surface area (Å²) in [5.41, 5.74) is 1.04. The Hall–Kier alpha value is -2.12. The van der Waals surface area contributed by atoms with Gasteiger partial charge in [0, 0.05) is 31.7 Å². The molecule has 0 bridgehead atoms. The molecule has 3 N–H and O–H groups in total. The molecule has 1 aromatic rings. The van der Waals surface area contributed by atoms with Crippen LogP contribution in [0.4, 0.5) is 4.79 Å². The summed E-state index contributed by atoms with van der Waals surface area (Å²) < 4.78 is 5.45. The van der Waals surface area contributed by atoms with Crippen LogP contribution >= 0.6 is 0 Å². The summed E-state index contributed by atoms with van der Waals surface area (Å²) in [5, 5.41) is 8.44. The fourth-order valence-corrected chi connectivity index (χ4v) is 2.88. The highest BCUT2D eigenvalue weighted by Crippen LogP contribution is 2.29. The zero-order valence-corrected chi connectivity index (χ0v) is 15.2. The Labute approximate surface area is 149 Å². The second kappa shape index (κ2) is 9.39. The summed E-state index contributed by atoms with van der Waals surface area (Å²) >= 11 is 0. The Bertz CT molecular complexity index is 591. The number of amides is 3. The molecular weight excluding hydrogens is 320 g/mol. The van der Waals surface area contributed by atoms with E-state index in [9.17, 15) is 9.59 Å². The highest BCUT2D eigenvalue weighted by Gasteiger charge is 2.27. The highest BCUT2D eigenvalue weighted by atomic mass is 16.5. The number of nitrogens with zero attached hydrogens (tertiary/aromatic N) is 1. The topological polar surface area (TPSA) is 82.7 Å². The van der Waals surface area contributed by atoms with Gasteiger partial charge in [0.05, 0.1) is 19.7 Å². The molecule has 1 heterocycles. The Morgan fingerprint density at radius 2 is 2.12 bits per heavy atom. The molecule has 7 nitrogen and oxygen atoms in total. The quantitative estimate of drug-likeness (QED) is 0.718. The molecule has 3 amide bonds. The molecule has 1 saturated heterocycles. The van der Waals surface area contributed by atoms with Crippen molar-refractivity contribution < 1.29 is 14.3 Å². The number of nitrogens with one attached hydrogen (secondary N) is 3. The van der Waals surface area contributed by atoms with Crippen molar-refractivity contribution in [2.75, 3.05) is 39.8 Å². The van der Waals surface area contributed by atoms with Crippen LogP contribution in [0, 0.1) is 5.92 Å². The number of urea groups is 1. The molecule has 138 valence electrons. The van der Waals surface area contributed by atoms with Gasteiger partial charge in [-0.15, -0.1) is 0 Å². The van der Waals surface area contributed by atoms with Crippen LogP contribution in [0.3, 0.4) is 0 Å². The van der Waals surface area contributed by atoms with Gasteiger partial charge in [-0.2, -0.15) is 0 Å². The number of hydrogen-bond acceptors (Lipinski definition) is 5. The lowest BCUT2D eigenvalue weighted by atomic mass is 10.0. The van der Waals surface area contributed by atoms with Gasteiger partial charge >= 0.3 is 6.03 Å². The molecule has 0 aromatic heterocycles. The zero-order chi connectivity index (χ0) is 18.2. The van der Waals surface area contributed by atoms with Gasteiger partial charge in [-0.25, -0.2) is 4.79 Å². The average molecular weight is 348 g/mol. The molecule has 1 aliphatic heterocycles. The molecule has 1 fully saturated rings. The van der Waals surface area contributed by atoms with E-state index in [0.29, 0.717) is 12.5 Å². The molecule has 2 rings (SSSR count). The van der Waals surface area contributed by atoms with E-state index in [1.54, 1.807) is 7.11 Å². The lowest BCUT2D eigenvalue weighted by Gasteiger charge is -2.36. The van der Waals surface area contributed by atoms with Crippen LogP contribution in [-0.2, 0) is 4.79 Å². The van der Waals surface area contributed by atoms with Gasteiger partial charge in [-0.3, -0.25) is 15.0 Å². The van der Waals surface area contributed by atoms with Crippen molar-refractivity contribution in [3.05, 3.63) is 29.8 Å². The zero-order valence-electron chi connectivity index (χ0n) is 15.2. The van der Waals surface area contributed by atoms with E-state index in [2.05, 4.69) is 20.9 Å². The first-order chi connectivity index (χ1) is 12.0. The van der Waals surface area contributed by atoms with Crippen LogP contribution in [0.1, 0.15) is 25.5 Å². The van der Waals surface area contributed by atoms with Crippen molar-refractivity contribution >= 4 is 11.9 Å². The minimum atomic E-state index is -0.442. The number of rotatable bonds is 6. The number of methoxy groups -OCH3 is 1. The van der Waals surface area contributed by atoms with Gasteiger partial charge in [0.2, 0.25) is 5.91 Å². The Balaban J connectivity index is 1.98. The molecule has 1 atom stereocenters. The number of hydrogen-bond donors (Lipinski definition) is 3. The third-order valence-electron chi connectivity index (χ3n) is 4.12. The van der Waals surface area contributed by atoms with Crippen LogP contribution in [0.5, 0.6) is 5.75 Å². The van der Waals surface area contributed by atoms with Gasteiger partial charge in [0.15, 0.2) is 0 Å². The number of carbonyl (C=O) groups excluding carboxylic acids is 2. The summed E-state index contributed by atoms with van der Waals surface area (Å²) in [4.78, 5) is 26.1. The lowest BCUT2D eigenvalue weighted by Crippen LogP contribution is -2.51. The van der Waals surface area contributed by atoms with E-state index in [1.807, 2.05) is 38.1 Å². The van der Waals surface area contributed by atoms with E-state index >= 15 is 0 Å². The smallest absolute Gasteiger partial charge is 0.321 e. The van der Waals surface area contributed by atoms with E-state index in [4.69, 9.17) is 4.74 Å². The molecule has 1 aromatic carbocycles. The summed E-state index contributed by atoms with van der Waals surface area (Å²) in [6, 6.07) is 7.40. The molecule has 25 heavy (non-hydrogen) atoms. The third-order valence-corrected chi connectivity index (χ3v) is 4.12. The summed E-state index contributed by atoms with van der Waals surface area (Å²) in [7, 11) is 1.64. The Kier molecular flexibility index (Phi) is 7.21. The normalized spacial score (nSPS) is 18.0. The molecule has 0 spiro atoms. The van der Waals surface area contributed by atoms with Gasteiger partial charge in [-0.1, -0.05) is 32.0 Å². The van der Waals surface area contributed by atoms with Gasteiger partial charge in [0.1, 0.15) is 5.75 Å². The van der Waals surface area contributed by atoms with Crippen molar-refractivity contribution in [3.63, 3.8) is 0 Å². The monoisotopic (exact) mass is 348 g/mol. The molecule has 0 aliphatic carbocycles. The predicted octanol–water partition coefficient (Wildman–Crippen LogP) is 1.12. The summed E-state index contributed by atoms with van der Waals surface area (Å²) in [5.74, 6) is 0.836. The van der Waals surface area contributed by atoms with Crippen LogP contribution in [0.2, 0.25) is 0 Å². The lowest BCUT2D eigenvalue weighted by molar-refractivity contribution is -0.122. The van der Waals surface area contributed by atoms with Crippen molar-refractivity contribution in [3.8, 4) is 5.75 Å². The number of piperazine rings is 1. The molecule has 7 heteroatoms. The minimum Gasteiger partial charge on any atom is -0.496 e. The molecular formula is C18H28N4O3. The Morgan fingerprint density at radius 1 is 1.36 bits per heavy atom. The molecule has 1 unspecified atom stereocenters. The summed E-state index contributed by atoms with van der Waals surface area (Å²) in [6.07, 6.45) is 0. The first-order valence-corrected chi connectivity index (χ1v) is 8.66. The van der Waals surface area contributed by atoms with E-state index < -0.39 is 6.03 Å². The van der Waals surface area contributed by atoms with Gasteiger partial charge in [-0.05, 0) is 12.0 Å². The maximum absolute atomic E-state index is 12.2. The molecule has 0 saturated carbocycles. The van der Waals surface area contributed by atoms with Crippen LogP contribution in [0.15, 0.2) is 24.3 Å². The van der Waals surface area contributed by atoms with E-state index in [-0.39, 0.29) is 18.5 Å². The van der Waals surface area contributed by atoms with Crippen molar-refractivity contribution in [1.29, 1.82) is 0 Å². The standard InChI is InChI=1S/C18H28N4O3/c1-13(2)10-20-18(24)21-17(23)12-22-9-8-19-11-15(22)14-6-4-5-7-16(14)25-3/h4-7,13,15,19H,8-12H2,1-3H3,(H2,20,21,23,24). The van der Waals surface area contributed by atoms with Crippen LogP contribution in [-0.4, -0.2) is 56.7 Å². The predicted molar refractivity (Wildman–Crippen MR) is 96.6 cm³/mol. The number of benzene rings is 1. The second-order valence-corrected chi connectivity index (χ2v) is 6.58. The summed E-state index contributed by atoms with van der Waals surface area (Å²) in [6.45, 7) is 6.97. The first kappa shape index (κ1) is 19.2. The number of imide groups is 1. The largest absolute Gasteiger partial charge is 0.496 e. The van der Waals surface area contributed by atoms with Crippen LogP contribution in [0.25, 0.3) is 0 Å². The fourth-order valence-electron chi connectivity index (χ4n) is 2.88. The van der Waals surface area contributed by atoms with Crippen molar-refractivity contribution in [2.24, 2.45) is 5.92 Å². The Morgan fingerprint density at radius 3 is 2.84 bits per heavy atom. The van der Waals surface area contributed by atoms with Gasteiger partial charge in [0.25, 0.3) is 0 Å². The molecule has 0 radical (unpaired) electrons. The van der Waals surface area contributed by atoms with Crippen molar-refractivity contribution in [2.45, 2.75) is 19.9 Å². The number of carbonyl (C=O) groups is 2. The molecule has 1 aliphatic rings. The van der Waals surface area contributed by atoms with Crippen molar-refractivity contribution in [1.82, 2.24) is 20.9 Å². The van der Waals surface area contributed by atoms with E-state index in [1.165, 1.54) is 0 Å². The third kappa shape index (κ3) is 5.72.